The second-order valence-corrected chi connectivity index (χ2v) is 4.86. The zero-order valence-corrected chi connectivity index (χ0v) is 11.9. The summed E-state index contributed by atoms with van der Waals surface area (Å²) in [6, 6.07) is 15.1. The van der Waals surface area contributed by atoms with Gasteiger partial charge >= 0.3 is 11.9 Å². The summed E-state index contributed by atoms with van der Waals surface area (Å²) in [7, 11) is 0. The summed E-state index contributed by atoms with van der Waals surface area (Å²) < 4.78 is 1.43. The van der Waals surface area contributed by atoms with Gasteiger partial charge in [-0.15, -0.1) is 0 Å². The summed E-state index contributed by atoms with van der Waals surface area (Å²) in [6.07, 6.45) is 1.42. The van der Waals surface area contributed by atoms with Crippen molar-refractivity contribution < 1.29 is 19.8 Å². The van der Waals surface area contributed by atoms with Crippen LogP contribution in [-0.2, 0) is 0 Å². The lowest BCUT2D eigenvalue weighted by molar-refractivity contribution is 0.0686. The van der Waals surface area contributed by atoms with Crippen molar-refractivity contribution in [2.45, 2.75) is 0 Å². The van der Waals surface area contributed by atoms with Crippen LogP contribution in [0, 0.1) is 0 Å². The quantitative estimate of drug-likeness (QED) is 0.773. The van der Waals surface area contributed by atoms with E-state index in [0.29, 0.717) is 16.9 Å². The van der Waals surface area contributed by atoms with Gasteiger partial charge in [-0.25, -0.2) is 14.3 Å². The van der Waals surface area contributed by atoms with Gasteiger partial charge in [0.05, 0.1) is 11.3 Å². The van der Waals surface area contributed by atoms with Crippen molar-refractivity contribution in [1.82, 2.24) is 9.78 Å². The Morgan fingerprint density at radius 3 is 2.09 bits per heavy atom. The predicted molar refractivity (Wildman–Crippen MR) is 82.9 cm³/mol. The number of carboxylic acids is 2. The molecular weight excluding hydrogens is 296 g/mol. The van der Waals surface area contributed by atoms with E-state index in [9.17, 15) is 14.7 Å². The molecule has 0 atom stereocenters. The van der Waals surface area contributed by atoms with Gasteiger partial charge in [-0.05, 0) is 24.3 Å². The first-order chi connectivity index (χ1) is 11.1. The lowest BCUT2D eigenvalue weighted by Gasteiger charge is -2.02. The third kappa shape index (κ3) is 2.82. The number of benzene rings is 2. The molecule has 0 aliphatic rings. The van der Waals surface area contributed by atoms with Crippen LogP contribution in [0.5, 0.6) is 0 Å². The van der Waals surface area contributed by atoms with Crippen molar-refractivity contribution in [1.29, 1.82) is 0 Å². The van der Waals surface area contributed by atoms with E-state index in [1.807, 2.05) is 18.2 Å². The first kappa shape index (κ1) is 14.5. The molecule has 0 aliphatic heterocycles. The molecule has 3 aromatic rings. The van der Waals surface area contributed by atoms with Crippen molar-refractivity contribution in [3.05, 3.63) is 71.9 Å². The van der Waals surface area contributed by atoms with Crippen LogP contribution in [0.2, 0.25) is 0 Å². The molecule has 2 aromatic carbocycles. The third-order valence-corrected chi connectivity index (χ3v) is 3.37. The van der Waals surface area contributed by atoms with Crippen molar-refractivity contribution in [3.8, 4) is 16.9 Å². The van der Waals surface area contributed by atoms with Crippen molar-refractivity contribution >= 4 is 11.9 Å². The number of nitrogens with zero attached hydrogens (tertiary/aromatic N) is 2. The molecule has 23 heavy (non-hydrogen) atoms. The third-order valence-electron chi connectivity index (χ3n) is 3.37. The maximum absolute atomic E-state index is 11.5. The summed E-state index contributed by atoms with van der Waals surface area (Å²) in [4.78, 5) is 22.3. The van der Waals surface area contributed by atoms with Crippen LogP contribution in [0.4, 0.5) is 0 Å². The molecule has 2 N–H and O–H groups in total. The standard InChI is InChI=1S/C17H12N2O4/c20-16(21)12-6-8-13(9-7-12)19-10-14(17(22)23)15(18-19)11-4-2-1-3-5-11/h1-10H,(H,20,21)(H,22,23). The molecule has 0 aliphatic carbocycles. The lowest BCUT2D eigenvalue weighted by atomic mass is 10.1. The van der Waals surface area contributed by atoms with E-state index in [2.05, 4.69) is 5.10 Å². The molecule has 6 heteroatoms. The van der Waals surface area contributed by atoms with Crippen molar-refractivity contribution in [2.75, 3.05) is 0 Å². The van der Waals surface area contributed by atoms with Gasteiger partial charge in [-0.1, -0.05) is 30.3 Å². The molecule has 0 spiro atoms. The normalized spacial score (nSPS) is 10.4. The van der Waals surface area contributed by atoms with Crippen molar-refractivity contribution in [3.63, 3.8) is 0 Å². The minimum Gasteiger partial charge on any atom is -0.478 e. The van der Waals surface area contributed by atoms with Crippen molar-refractivity contribution in [2.24, 2.45) is 0 Å². The Morgan fingerprint density at radius 2 is 1.52 bits per heavy atom. The first-order valence-electron chi connectivity index (χ1n) is 6.78. The van der Waals surface area contributed by atoms with Crippen LogP contribution >= 0.6 is 0 Å². The second kappa shape index (κ2) is 5.76. The molecule has 6 nitrogen and oxygen atoms in total. The molecule has 114 valence electrons. The number of aromatic carboxylic acids is 2. The monoisotopic (exact) mass is 308 g/mol. The molecule has 0 amide bonds. The molecule has 0 saturated heterocycles. The Labute approximate surface area is 131 Å². The van der Waals surface area contributed by atoms with E-state index < -0.39 is 11.9 Å². The van der Waals surface area contributed by atoms with Gasteiger partial charge in [-0.2, -0.15) is 5.10 Å². The molecule has 0 radical (unpaired) electrons. The highest BCUT2D eigenvalue weighted by Crippen LogP contribution is 2.23. The average molecular weight is 308 g/mol. The fourth-order valence-corrected chi connectivity index (χ4v) is 2.23. The Kier molecular flexibility index (Phi) is 3.64. The summed E-state index contributed by atoms with van der Waals surface area (Å²) in [5.74, 6) is -2.09. The zero-order valence-electron chi connectivity index (χ0n) is 11.9. The Bertz CT molecular complexity index is 867. The molecule has 1 heterocycles. The smallest absolute Gasteiger partial charge is 0.339 e. The minimum atomic E-state index is -1.07. The maximum atomic E-state index is 11.5. The summed E-state index contributed by atoms with van der Waals surface area (Å²) in [5, 5.41) is 22.6. The van der Waals surface area contributed by atoms with Crippen LogP contribution in [0.1, 0.15) is 20.7 Å². The number of hydrogen-bond acceptors (Lipinski definition) is 3. The first-order valence-corrected chi connectivity index (χ1v) is 6.78. The van der Waals surface area contributed by atoms with Crippen LogP contribution in [0.15, 0.2) is 60.8 Å². The zero-order chi connectivity index (χ0) is 16.4. The molecule has 3 rings (SSSR count). The van der Waals surface area contributed by atoms with Gasteiger partial charge < -0.3 is 10.2 Å². The number of aromatic nitrogens is 2. The van der Waals surface area contributed by atoms with Gasteiger partial charge in [0, 0.05) is 11.8 Å². The van der Waals surface area contributed by atoms with E-state index in [1.165, 1.54) is 23.0 Å². The highest BCUT2D eigenvalue weighted by Gasteiger charge is 2.17. The molecular formula is C17H12N2O4. The second-order valence-electron chi connectivity index (χ2n) is 4.86. The largest absolute Gasteiger partial charge is 0.478 e. The topological polar surface area (TPSA) is 92.4 Å². The van der Waals surface area contributed by atoms with Gasteiger partial charge in [0.15, 0.2) is 0 Å². The fourth-order valence-electron chi connectivity index (χ4n) is 2.23. The van der Waals surface area contributed by atoms with E-state index in [-0.39, 0.29) is 11.1 Å². The number of carboxylic acid groups (broad SMARTS) is 2. The predicted octanol–water partition coefficient (Wildman–Crippen LogP) is 2.94. The van der Waals surface area contributed by atoms with Gasteiger partial charge in [0.1, 0.15) is 11.3 Å². The van der Waals surface area contributed by atoms with Gasteiger partial charge in [-0.3, -0.25) is 0 Å². The number of rotatable bonds is 4. The Hall–Kier alpha value is -3.41. The van der Waals surface area contributed by atoms with Crippen LogP contribution in [-0.4, -0.2) is 31.9 Å². The molecule has 0 unspecified atom stereocenters. The van der Waals surface area contributed by atoms with Gasteiger partial charge in [0.25, 0.3) is 0 Å². The summed E-state index contributed by atoms with van der Waals surface area (Å²) in [5.41, 5.74) is 1.88. The van der Waals surface area contributed by atoms with E-state index in [1.54, 1.807) is 24.3 Å². The van der Waals surface area contributed by atoms with E-state index in [0.717, 1.165) is 0 Å². The molecule has 0 saturated carbocycles. The summed E-state index contributed by atoms with van der Waals surface area (Å²) in [6.45, 7) is 0. The Balaban J connectivity index is 2.07. The SMILES string of the molecule is O=C(O)c1ccc(-n2cc(C(=O)O)c(-c3ccccc3)n2)cc1. The summed E-state index contributed by atoms with van der Waals surface area (Å²) >= 11 is 0. The maximum Gasteiger partial charge on any atom is 0.339 e. The molecule has 1 aromatic heterocycles. The van der Waals surface area contributed by atoms with E-state index in [4.69, 9.17) is 5.11 Å². The number of hydrogen-bond donors (Lipinski definition) is 2. The minimum absolute atomic E-state index is 0.0820. The van der Waals surface area contributed by atoms with E-state index >= 15 is 0 Å². The average Bonchev–Trinajstić information content (AvgIpc) is 3.01. The molecule has 0 bridgehead atoms. The lowest BCUT2D eigenvalue weighted by Crippen LogP contribution is -1.99. The van der Waals surface area contributed by atoms with Crippen LogP contribution in [0.25, 0.3) is 16.9 Å². The van der Waals surface area contributed by atoms with Gasteiger partial charge in [0.2, 0.25) is 0 Å². The van der Waals surface area contributed by atoms with Crippen LogP contribution in [0.3, 0.4) is 0 Å². The highest BCUT2D eigenvalue weighted by atomic mass is 16.4. The molecule has 0 fully saturated rings. The highest BCUT2D eigenvalue weighted by molar-refractivity contribution is 5.94. The Morgan fingerprint density at radius 1 is 0.870 bits per heavy atom. The fraction of sp³-hybridized carbons (Fsp3) is 0. The number of carbonyl (C=O) groups is 2. The van der Waals surface area contributed by atoms with Crippen LogP contribution < -0.4 is 0 Å².